The quantitative estimate of drug-likeness (QED) is 0.775. The van der Waals surface area contributed by atoms with Crippen LogP contribution < -0.4 is 5.73 Å². The van der Waals surface area contributed by atoms with E-state index in [1.54, 1.807) is 11.8 Å². The lowest BCUT2D eigenvalue weighted by Gasteiger charge is -2.12. The van der Waals surface area contributed by atoms with Crippen molar-refractivity contribution in [2.24, 2.45) is 5.73 Å². The fourth-order valence-electron chi connectivity index (χ4n) is 1.20. The minimum absolute atomic E-state index is 0.0561. The lowest BCUT2D eigenvalue weighted by atomic mass is 10.2. The lowest BCUT2D eigenvalue weighted by molar-refractivity contribution is 0.437. The maximum atomic E-state index is 5.88. The van der Waals surface area contributed by atoms with Crippen molar-refractivity contribution >= 4 is 11.8 Å². The Morgan fingerprint density at radius 3 is 2.87 bits per heavy atom. The van der Waals surface area contributed by atoms with Crippen LogP contribution >= 0.6 is 11.8 Å². The summed E-state index contributed by atoms with van der Waals surface area (Å²) in [5.74, 6) is 1.05. The highest BCUT2D eigenvalue weighted by atomic mass is 32.2. The number of nitrogens with two attached hydrogens (primary N) is 1. The second-order valence-electron chi connectivity index (χ2n) is 3.84. The molecule has 1 rings (SSSR count). The summed E-state index contributed by atoms with van der Waals surface area (Å²) >= 11 is 1.77. The predicted octanol–water partition coefficient (Wildman–Crippen LogP) is 1.76. The molecule has 0 saturated carbocycles. The molecule has 1 aromatic heterocycles. The van der Waals surface area contributed by atoms with E-state index in [0.29, 0.717) is 0 Å². The van der Waals surface area contributed by atoms with Crippen LogP contribution in [0.5, 0.6) is 0 Å². The van der Waals surface area contributed by atoms with Crippen LogP contribution in [0.3, 0.4) is 0 Å². The first-order valence-electron chi connectivity index (χ1n) is 5.09. The van der Waals surface area contributed by atoms with Gasteiger partial charge < -0.3 is 10.6 Å². The van der Waals surface area contributed by atoms with Gasteiger partial charge in [0, 0.05) is 30.1 Å². The molecule has 84 valence electrons. The van der Waals surface area contributed by atoms with Gasteiger partial charge in [-0.3, -0.25) is 0 Å². The third-order valence-corrected chi connectivity index (χ3v) is 3.07. The minimum atomic E-state index is 0.0561. The summed E-state index contributed by atoms with van der Waals surface area (Å²) < 4.78 is 0. The highest BCUT2D eigenvalue weighted by molar-refractivity contribution is 7.99. The van der Waals surface area contributed by atoms with Crippen LogP contribution in [0.25, 0.3) is 0 Å². The topological polar surface area (TPSA) is 42.1 Å². The molecular weight excluding hydrogens is 206 g/mol. The van der Waals surface area contributed by atoms with Gasteiger partial charge in [0.05, 0.1) is 0 Å². The molecule has 0 saturated heterocycles. The number of thioether (sulfide) groups is 1. The molecule has 3 nitrogen and oxygen atoms in total. The monoisotopic (exact) mass is 225 g/mol. The maximum absolute atomic E-state index is 5.88. The van der Waals surface area contributed by atoms with Gasteiger partial charge in [-0.05, 0) is 27.1 Å². The van der Waals surface area contributed by atoms with Gasteiger partial charge in [0.25, 0.3) is 0 Å². The molecule has 1 aromatic rings. The Kier molecular flexibility index (Phi) is 5.08. The average Bonchev–Trinajstić information content (AvgIpc) is 2.17. The molecule has 0 aromatic carbocycles. The van der Waals surface area contributed by atoms with Crippen molar-refractivity contribution in [1.29, 1.82) is 0 Å². The molecule has 0 aliphatic heterocycles. The number of aromatic nitrogens is 1. The molecule has 0 fully saturated rings. The normalized spacial score (nSPS) is 13.1. The molecule has 0 aliphatic rings. The summed E-state index contributed by atoms with van der Waals surface area (Å²) in [4.78, 5) is 6.53. The van der Waals surface area contributed by atoms with Gasteiger partial charge in [0.2, 0.25) is 0 Å². The second-order valence-corrected chi connectivity index (χ2v) is 4.92. The van der Waals surface area contributed by atoms with Crippen molar-refractivity contribution in [3.63, 3.8) is 0 Å². The van der Waals surface area contributed by atoms with Crippen LogP contribution in [0.1, 0.15) is 18.5 Å². The zero-order valence-electron chi connectivity index (χ0n) is 9.60. The van der Waals surface area contributed by atoms with Crippen molar-refractivity contribution in [3.8, 4) is 0 Å². The van der Waals surface area contributed by atoms with E-state index in [1.807, 2.05) is 19.2 Å². The molecule has 1 heterocycles. The Balaban J connectivity index is 2.59. The number of hydrogen-bond donors (Lipinski definition) is 1. The number of nitrogens with zero attached hydrogens (tertiary/aromatic N) is 2. The van der Waals surface area contributed by atoms with E-state index in [-0.39, 0.29) is 6.04 Å². The molecule has 0 amide bonds. The highest BCUT2D eigenvalue weighted by Crippen LogP contribution is 2.23. The first-order valence-corrected chi connectivity index (χ1v) is 6.08. The van der Waals surface area contributed by atoms with E-state index < -0.39 is 0 Å². The molecule has 4 heteroatoms. The van der Waals surface area contributed by atoms with E-state index in [0.717, 1.165) is 22.9 Å². The molecule has 1 atom stereocenters. The van der Waals surface area contributed by atoms with Crippen LogP contribution in [0.15, 0.2) is 23.4 Å². The molecule has 0 unspecified atom stereocenters. The van der Waals surface area contributed by atoms with Gasteiger partial charge >= 0.3 is 0 Å². The molecule has 15 heavy (non-hydrogen) atoms. The largest absolute Gasteiger partial charge is 0.324 e. The summed E-state index contributed by atoms with van der Waals surface area (Å²) in [6.45, 7) is 3.05. The van der Waals surface area contributed by atoms with Crippen molar-refractivity contribution in [1.82, 2.24) is 9.88 Å². The number of pyridine rings is 1. The van der Waals surface area contributed by atoms with Crippen molar-refractivity contribution in [2.75, 3.05) is 26.4 Å². The zero-order chi connectivity index (χ0) is 11.3. The number of hydrogen-bond acceptors (Lipinski definition) is 4. The van der Waals surface area contributed by atoms with Crippen molar-refractivity contribution in [3.05, 3.63) is 23.9 Å². The van der Waals surface area contributed by atoms with Crippen molar-refractivity contribution in [2.45, 2.75) is 18.0 Å². The van der Waals surface area contributed by atoms with Gasteiger partial charge in [0.15, 0.2) is 0 Å². The predicted molar refractivity (Wildman–Crippen MR) is 66.1 cm³/mol. The van der Waals surface area contributed by atoms with Crippen LogP contribution in [0.4, 0.5) is 0 Å². The summed E-state index contributed by atoms with van der Waals surface area (Å²) in [6, 6.07) is 4.05. The van der Waals surface area contributed by atoms with Gasteiger partial charge in [0.1, 0.15) is 5.03 Å². The van der Waals surface area contributed by atoms with Crippen LogP contribution in [-0.2, 0) is 0 Å². The fourth-order valence-corrected chi connectivity index (χ4v) is 2.40. The molecular formula is C11H19N3S. The Morgan fingerprint density at radius 2 is 2.27 bits per heavy atom. The third-order valence-electron chi connectivity index (χ3n) is 2.07. The average molecular weight is 225 g/mol. The minimum Gasteiger partial charge on any atom is -0.324 e. The molecule has 2 N–H and O–H groups in total. The zero-order valence-corrected chi connectivity index (χ0v) is 10.4. The Labute approximate surface area is 96.1 Å². The van der Waals surface area contributed by atoms with E-state index in [4.69, 9.17) is 5.73 Å². The van der Waals surface area contributed by atoms with Crippen molar-refractivity contribution < 1.29 is 0 Å². The summed E-state index contributed by atoms with van der Waals surface area (Å²) in [6.07, 6.45) is 1.82. The van der Waals surface area contributed by atoms with Gasteiger partial charge in [-0.15, -0.1) is 11.8 Å². The van der Waals surface area contributed by atoms with Crippen LogP contribution in [0.2, 0.25) is 0 Å². The fraction of sp³-hybridized carbons (Fsp3) is 0.545. The standard InChI is InChI=1S/C11H19N3S/c1-9(12)10-5-4-6-13-11(10)15-8-7-14(2)3/h4-6,9H,7-8,12H2,1-3H3/t9-/m0/s1. The summed E-state index contributed by atoms with van der Waals surface area (Å²) in [7, 11) is 4.15. The smallest absolute Gasteiger partial charge is 0.101 e. The molecule has 0 radical (unpaired) electrons. The Hall–Kier alpha value is -0.580. The highest BCUT2D eigenvalue weighted by Gasteiger charge is 2.07. The van der Waals surface area contributed by atoms with E-state index in [9.17, 15) is 0 Å². The Bertz CT molecular complexity index is 300. The van der Waals surface area contributed by atoms with Gasteiger partial charge in [-0.25, -0.2) is 4.98 Å². The second kappa shape index (κ2) is 6.10. The van der Waals surface area contributed by atoms with Gasteiger partial charge in [-0.2, -0.15) is 0 Å². The lowest BCUT2D eigenvalue weighted by Crippen LogP contribution is -2.15. The third kappa shape index (κ3) is 4.20. The van der Waals surface area contributed by atoms with E-state index >= 15 is 0 Å². The maximum Gasteiger partial charge on any atom is 0.101 e. The van der Waals surface area contributed by atoms with Crippen LogP contribution in [-0.4, -0.2) is 36.3 Å². The van der Waals surface area contributed by atoms with Crippen LogP contribution in [0, 0.1) is 0 Å². The molecule has 0 spiro atoms. The summed E-state index contributed by atoms with van der Waals surface area (Å²) in [5, 5.41) is 1.06. The van der Waals surface area contributed by atoms with Gasteiger partial charge in [-0.1, -0.05) is 6.07 Å². The van der Waals surface area contributed by atoms with E-state index in [2.05, 4.69) is 30.0 Å². The first kappa shape index (κ1) is 12.5. The number of rotatable bonds is 5. The Morgan fingerprint density at radius 1 is 1.53 bits per heavy atom. The SMILES string of the molecule is C[C@H](N)c1cccnc1SCCN(C)C. The first-order chi connectivity index (χ1) is 7.11. The molecule has 0 aliphatic carbocycles. The molecule has 0 bridgehead atoms. The summed E-state index contributed by atoms with van der Waals surface area (Å²) in [5.41, 5.74) is 7.02. The van der Waals surface area contributed by atoms with E-state index in [1.165, 1.54) is 0 Å².